The molecule has 1 saturated heterocycles. The maximum absolute atomic E-state index is 11.8. The van der Waals surface area contributed by atoms with Gasteiger partial charge in [0.2, 0.25) is 11.8 Å². The molecule has 1 N–H and O–H groups in total. The summed E-state index contributed by atoms with van der Waals surface area (Å²) in [4.78, 5) is 35.6. The predicted octanol–water partition coefficient (Wildman–Crippen LogP) is 1.15. The maximum Gasteiger partial charge on any atom is 0.288 e. The van der Waals surface area contributed by atoms with Crippen molar-refractivity contribution in [2.24, 2.45) is 5.92 Å². The van der Waals surface area contributed by atoms with Gasteiger partial charge in [-0.25, -0.2) is 0 Å². The van der Waals surface area contributed by atoms with Crippen LogP contribution in [0.3, 0.4) is 0 Å². The largest absolute Gasteiger partial charge is 0.354 e. The molecular formula is C12H16N2O3S. The number of allylic oxidation sites excluding steroid dienone is 2. The van der Waals surface area contributed by atoms with Gasteiger partial charge < -0.3 is 5.32 Å². The second kappa shape index (κ2) is 6.04. The Morgan fingerprint density at radius 3 is 2.89 bits per heavy atom. The summed E-state index contributed by atoms with van der Waals surface area (Å²) in [6.45, 7) is 0.621. The van der Waals surface area contributed by atoms with E-state index in [4.69, 9.17) is 0 Å². The van der Waals surface area contributed by atoms with Crippen LogP contribution in [-0.4, -0.2) is 40.8 Å². The van der Waals surface area contributed by atoms with E-state index in [1.165, 1.54) is 4.90 Å². The minimum absolute atomic E-state index is 0.0195. The van der Waals surface area contributed by atoms with Gasteiger partial charge in [-0.2, -0.15) is 0 Å². The summed E-state index contributed by atoms with van der Waals surface area (Å²) in [5.41, 5.74) is 0. The molecule has 0 saturated carbocycles. The van der Waals surface area contributed by atoms with E-state index >= 15 is 0 Å². The predicted molar refractivity (Wildman–Crippen MR) is 69.1 cm³/mol. The zero-order valence-electron chi connectivity index (χ0n) is 10.1. The smallest absolute Gasteiger partial charge is 0.288 e. The summed E-state index contributed by atoms with van der Waals surface area (Å²) < 4.78 is 0. The van der Waals surface area contributed by atoms with Crippen molar-refractivity contribution in [1.82, 2.24) is 10.2 Å². The van der Waals surface area contributed by atoms with Crippen LogP contribution in [-0.2, 0) is 9.59 Å². The molecule has 0 spiro atoms. The Morgan fingerprint density at radius 1 is 1.44 bits per heavy atom. The average Bonchev–Trinajstić information content (AvgIpc) is 2.71. The van der Waals surface area contributed by atoms with Gasteiger partial charge in [-0.05, 0) is 19.3 Å². The topological polar surface area (TPSA) is 66.5 Å². The summed E-state index contributed by atoms with van der Waals surface area (Å²) >= 11 is 1.02. The van der Waals surface area contributed by atoms with Gasteiger partial charge in [0.25, 0.3) is 5.24 Å². The van der Waals surface area contributed by atoms with Gasteiger partial charge in [-0.3, -0.25) is 19.3 Å². The highest BCUT2D eigenvalue weighted by molar-refractivity contribution is 8.14. The number of hydrogen-bond acceptors (Lipinski definition) is 4. The third-order valence-electron chi connectivity index (χ3n) is 3.12. The molecule has 2 rings (SSSR count). The van der Waals surface area contributed by atoms with Crippen molar-refractivity contribution in [2.75, 3.05) is 18.8 Å². The molecule has 2 aliphatic rings. The lowest BCUT2D eigenvalue weighted by molar-refractivity contribution is -0.127. The van der Waals surface area contributed by atoms with Crippen LogP contribution in [0.5, 0.6) is 0 Å². The van der Waals surface area contributed by atoms with Gasteiger partial charge in [0.1, 0.15) is 0 Å². The van der Waals surface area contributed by atoms with Gasteiger partial charge in [0.15, 0.2) is 0 Å². The fourth-order valence-corrected chi connectivity index (χ4v) is 2.82. The molecule has 1 unspecified atom stereocenters. The lowest BCUT2D eigenvalue weighted by atomic mass is 9.94. The number of carbonyl (C=O) groups excluding carboxylic acids is 3. The van der Waals surface area contributed by atoms with Crippen LogP contribution in [0.2, 0.25) is 0 Å². The Labute approximate surface area is 110 Å². The number of rotatable bonds is 4. The second-order valence-electron chi connectivity index (χ2n) is 4.37. The zero-order chi connectivity index (χ0) is 13.0. The summed E-state index contributed by atoms with van der Waals surface area (Å²) in [5, 5.41) is 2.58. The highest BCUT2D eigenvalue weighted by Crippen LogP contribution is 2.19. The normalized spacial score (nSPS) is 23.6. The Balaban J connectivity index is 1.71. The first-order valence-corrected chi connectivity index (χ1v) is 7.07. The van der Waals surface area contributed by atoms with Crippen molar-refractivity contribution in [1.29, 1.82) is 0 Å². The van der Waals surface area contributed by atoms with Crippen LogP contribution in [0.15, 0.2) is 12.2 Å². The van der Waals surface area contributed by atoms with E-state index in [1.54, 1.807) is 0 Å². The quantitative estimate of drug-likeness (QED) is 0.777. The first-order valence-electron chi connectivity index (χ1n) is 6.08. The minimum atomic E-state index is -0.213. The SMILES string of the molecule is O=C(NCCN1C(=O)CSC1=O)C1CC=CCC1. The average molecular weight is 268 g/mol. The Kier molecular flexibility index (Phi) is 4.41. The van der Waals surface area contributed by atoms with Crippen molar-refractivity contribution in [3.05, 3.63) is 12.2 Å². The van der Waals surface area contributed by atoms with Crippen molar-refractivity contribution in [2.45, 2.75) is 19.3 Å². The first-order chi connectivity index (χ1) is 8.68. The lowest BCUT2D eigenvalue weighted by Gasteiger charge is -2.18. The molecule has 1 aliphatic carbocycles. The number of nitrogens with zero attached hydrogens (tertiary/aromatic N) is 1. The van der Waals surface area contributed by atoms with Crippen LogP contribution in [0.1, 0.15) is 19.3 Å². The molecule has 1 atom stereocenters. The van der Waals surface area contributed by atoms with Crippen molar-refractivity contribution in [3.8, 4) is 0 Å². The Morgan fingerprint density at radius 2 is 2.28 bits per heavy atom. The van der Waals surface area contributed by atoms with Crippen molar-refractivity contribution >= 4 is 28.8 Å². The van der Waals surface area contributed by atoms with E-state index in [0.29, 0.717) is 6.54 Å². The monoisotopic (exact) mass is 268 g/mol. The number of thioether (sulfide) groups is 1. The summed E-state index contributed by atoms with van der Waals surface area (Å²) in [6.07, 6.45) is 6.71. The van der Waals surface area contributed by atoms with Gasteiger partial charge in [0.05, 0.1) is 5.75 Å². The van der Waals surface area contributed by atoms with Crippen LogP contribution in [0, 0.1) is 5.92 Å². The minimum Gasteiger partial charge on any atom is -0.354 e. The first kappa shape index (κ1) is 13.1. The molecule has 18 heavy (non-hydrogen) atoms. The molecule has 1 heterocycles. The van der Waals surface area contributed by atoms with Crippen LogP contribution in [0.25, 0.3) is 0 Å². The summed E-state index contributed by atoms with van der Waals surface area (Å²) in [7, 11) is 0. The number of amides is 3. The number of nitrogens with one attached hydrogen (secondary N) is 1. The van der Waals surface area contributed by atoms with E-state index in [-0.39, 0.29) is 35.3 Å². The van der Waals surface area contributed by atoms with Crippen molar-refractivity contribution < 1.29 is 14.4 Å². The fraction of sp³-hybridized carbons (Fsp3) is 0.583. The molecule has 0 aromatic rings. The van der Waals surface area contributed by atoms with Crippen LogP contribution < -0.4 is 5.32 Å². The molecule has 6 heteroatoms. The van der Waals surface area contributed by atoms with E-state index in [9.17, 15) is 14.4 Å². The van der Waals surface area contributed by atoms with Crippen LogP contribution in [0.4, 0.5) is 4.79 Å². The molecule has 1 fully saturated rings. The van der Waals surface area contributed by atoms with Gasteiger partial charge in [0, 0.05) is 19.0 Å². The molecular weight excluding hydrogens is 252 g/mol. The second-order valence-corrected chi connectivity index (χ2v) is 5.30. The van der Waals surface area contributed by atoms with E-state index in [2.05, 4.69) is 11.4 Å². The summed E-state index contributed by atoms with van der Waals surface area (Å²) in [6, 6.07) is 0. The molecule has 0 aromatic carbocycles. The number of carbonyl (C=O) groups is 3. The Bertz CT molecular complexity index is 379. The molecule has 0 radical (unpaired) electrons. The lowest BCUT2D eigenvalue weighted by Crippen LogP contribution is -2.39. The van der Waals surface area contributed by atoms with Gasteiger partial charge in [-0.15, -0.1) is 0 Å². The van der Waals surface area contributed by atoms with Gasteiger partial charge in [-0.1, -0.05) is 23.9 Å². The molecule has 0 bridgehead atoms. The highest BCUT2D eigenvalue weighted by Gasteiger charge is 2.29. The van der Waals surface area contributed by atoms with Crippen LogP contribution >= 0.6 is 11.8 Å². The van der Waals surface area contributed by atoms with Crippen molar-refractivity contribution in [3.63, 3.8) is 0 Å². The number of imide groups is 1. The van der Waals surface area contributed by atoms with E-state index in [1.807, 2.05) is 6.08 Å². The molecule has 1 aliphatic heterocycles. The third kappa shape index (κ3) is 3.13. The molecule has 5 nitrogen and oxygen atoms in total. The zero-order valence-corrected chi connectivity index (χ0v) is 10.9. The van der Waals surface area contributed by atoms with E-state index < -0.39 is 0 Å². The molecule has 3 amide bonds. The molecule has 98 valence electrons. The summed E-state index contributed by atoms with van der Waals surface area (Å²) in [5.74, 6) is 0.112. The standard InChI is InChI=1S/C12H16N2O3S/c15-10-8-18-12(17)14(10)7-6-13-11(16)9-4-2-1-3-5-9/h1-2,9H,3-8H2,(H,13,16). The number of hydrogen-bond donors (Lipinski definition) is 1. The van der Waals surface area contributed by atoms with E-state index in [0.717, 1.165) is 31.0 Å². The van der Waals surface area contributed by atoms with Gasteiger partial charge >= 0.3 is 0 Å². The highest BCUT2D eigenvalue weighted by atomic mass is 32.2. The fourth-order valence-electron chi connectivity index (χ4n) is 2.06. The third-order valence-corrected chi connectivity index (χ3v) is 3.97. The maximum atomic E-state index is 11.8. The molecule has 0 aromatic heterocycles. The Hall–Kier alpha value is -1.30.